The van der Waals surface area contributed by atoms with Crippen molar-refractivity contribution in [1.29, 1.82) is 0 Å². The Morgan fingerprint density at radius 2 is 1.84 bits per heavy atom. The number of thioether (sulfide) groups is 1. The third kappa shape index (κ3) is 5.76. The Morgan fingerprint density at radius 3 is 2.62 bits per heavy atom. The largest absolute Gasteiger partial charge is 0.346 e. The lowest BCUT2D eigenvalue weighted by Gasteiger charge is -2.13. The van der Waals surface area contributed by atoms with Crippen molar-refractivity contribution in [2.24, 2.45) is 0 Å². The monoisotopic (exact) mass is 452 g/mol. The normalized spacial score (nSPS) is 10.8. The fraction of sp³-hybridized carbons (Fsp3) is 0.333. The number of rotatable bonds is 9. The summed E-state index contributed by atoms with van der Waals surface area (Å²) in [6, 6.07) is 12.9. The number of aryl methyl sites for hydroxylation is 1. The number of hydrogen-bond acceptors (Lipinski definition) is 5. The molecule has 0 bridgehead atoms. The Bertz CT molecular complexity index is 1190. The number of benzene rings is 2. The summed E-state index contributed by atoms with van der Waals surface area (Å²) in [7, 11) is 0. The number of amides is 2. The third-order valence-corrected chi connectivity index (χ3v) is 6.20. The number of anilines is 1. The minimum Gasteiger partial charge on any atom is -0.346 e. The van der Waals surface area contributed by atoms with E-state index in [1.807, 2.05) is 44.2 Å². The first-order valence-electron chi connectivity index (χ1n) is 10.7. The van der Waals surface area contributed by atoms with Crippen molar-refractivity contribution in [2.75, 3.05) is 17.6 Å². The molecule has 1 aromatic heterocycles. The van der Waals surface area contributed by atoms with Crippen molar-refractivity contribution in [2.45, 2.75) is 45.3 Å². The molecule has 2 amide bonds. The quantitative estimate of drug-likeness (QED) is 0.382. The highest BCUT2D eigenvalue weighted by Gasteiger charge is 2.14. The summed E-state index contributed by atoms with van der Waals surface area (Å²) >= 11 is 1.20. The number of carbonyl (C=O) groups is 2. The van der Waals surface area contributed by atoms with Crippen molar-refractivity contribution >= 4 is 40.2 Å². The first kappa shape index (κ1) is 23.5. The zero-order valence-corrected chi connectivity index (χ0v) is 19.4. The van der Waals surface area contributed by atoms with E-state index in [1.165, 1.54) is 11.8 Å². The van der Waals surface area contributed by atoms with Crippen LogP contribution in [-0.4, -0.2) is 33.7 Å². The fourth-order valence-corrected chi connectivity index (χ4v) is 4.07. The number of para-hydroxylation sites is 1. The van der Waals surface area contributed by atoms with E-state index in [4.69, 9.17) is 0 Å². The lowest BCUT2D eigenvalue weighted by Crippen LogP contribution is -2.34. The highest BCUT2D eigenvalue weighted by molar-refractivity contribution is 7.99. The Kier molecular flexibility index (Phi) is 8.05. The molecule has 0 fully saturated rings. The lowest BCUT2D eigenvalue weighted by atomic mass is 10.1. The summed E-state index contributed by atoms with van der Waals surface area (Å²) in [6.07, 6.45) is 1.79. The standard InChI is InChI=1S/C24H28N4O3S/c1-4-5-13-28-23(31)18-10-6-7-11-20(18)27-24(28)32-15-22(30)25-14-21(29)26-19-12-8-9-16(2)17(19)3/h6-12H,4-5,13-15H2,1-3H3,(H,25,30)(H,26,29). The number of aromatic nitrogens is 2. The van der Waals surface area contributed by atoms with Crippen molar-refractivity contribution in [1.82, 2.24) is 14.9 Å². The van der Waals surface area contributed by atoms with Crippen molar-refractivity contribution in [3.05, 3.63) is 63.9 Å². The summed E-state index contributed by atoms with van der Waals surface area (Å²) < 4.78 is 1.64. The smallest absolute Gasteiger partial charge is 0.262 e. The predicted molar refractivity (Wildman–Crippen MR) is 129 cm³/mol. The van der Waals surface area contributed by atoms with Crippen molar-refractivity contribution in [3.8, 4) is 0 Å². The second-order valence-electron chi connectivity index (χ2n) is 7.58. The minimum absolute atomic E-state index is 0.0632. The molecule has 0 saturated heterocycles. The van der Waals surface area contributed by atoms with E-state index >= 15 is 0 Å². The molecule has 3 rings (SSSR count). The second kappa shape index (κ2) is 10.9. The maximum Gasteiger partial charge on any atom is 0.262 e. The van der Waals surface area contributed by atoms with E-state index < -0.39 is 0 Å². The van der Waals surface area contributed by atoms with Gasteiger partial charge >= 0.3 is 0 Å². The van der Waals surface area contributed by atoms with Gasteiger partial charge in [-0.3, -0.25) is 19.0 Å². The molecule has 2 N–H and O–H groups in total. The molecule has 0 saturated carbocycles. The SMILES string of the molecule is CCCCn1c(SCC(=O)NCC(=O)Nc2cccc(C)c2C)nc2ccccc2c1=O. The number of nitrogens with one attached hydrogen (secondary N) is 2. The van der Waals surface area contributed by atoms with Crippen LogP contribution < -0.4 is 16.2 Å². The van der Waals surface area contributed by atoms with Gasteiger partial charge < -0.3 is 10.6 Å². The molecule has 0 aliphatic rings. The van der Waals surface area contributed by atoms with Crippen LogP contribution in [0, 0.1) is 13.8 Å². The number of hydrogen-bond donors (Lipinski definition) is 2. The summed E-state index contributed by atoms with van der Waals surface area (Å²) in [5.41, 5.74) is 3.33. The molecule has 0 unspecified atom stereocenters. The van der Waals surface area contributed by atoms with E-state index in [1.54, 1.807) is 16.7 Å². The lowest BCUT2D eigenvalue weighted by molar-refractivity contribution is -0.122. The van der Waals surface area contributed by atoms with Gasteiger partial charge in [0.2, 0.25) is 11.8 Å². The molecular formula is C24H28N4O3S. The van der Waals surface area contributed by atoms with Gasteiger partial charge in [-0.1, -0.05) is 49.4 Å². The van der Waals surface area contributed by atoms with Gasteiger partial charge in [0.15, 0.2) is 5.16 Å². The first-order chi connectivity index (χ1) is 15.4. The van der Waals surface area contributed by atoms with Gasteiger partial charge in [-0.05, 0) is 49.6 Å². The molecule has 7 nitrogen and oxygen atoms in total. The van der Waals surface area contributed by atoms with Gasteiger partial charge in [-0.15, -0.1) is 0 Å². The average molecular weight is 453 g/mol. The van der Waals surface area contributed by atoms with Crippen molar-refractivity contribution < 1.29 is 9.59 Å². The van der Waals surface area contributed by atoms with E-state index in [0.717, 1.165) is 29.7 Å². The third-order valence-electron chi connectivity index (χ3n) is 5.22. The molecule has 2 aromatic carbocycles. The van der Waals surface area contributed by atoms with Crippen LogP contribution >= 0.6 is 11.8 Å². The van der Waals surface area contributed by atoms with Crippen LogP contribution in [0.25, 0.3) is 10.9 Å². The molecule has 168 valence electrons. The molecule has 3 aromatic rings. The summed E-state index contributed by atoms with van der Waals surface area (Å²) in [5, 5.41) is 6.54. The van der Waals surface area contributed by atoms with E-state index in [0.29, 0.717) is 22.6 Å². The van der Waals surface area contributed by atoms with Crippen LogP contribution in [0.15, 0.2) is 52.4 Å². The number of nitrogens with zero attached hydrogens (tertiary/aromatic N) is 2. The van der Waals surface area contributed by atoms with Crippen LogP contribution in [-0.2, 0) is 16.1 Å². The number of unbranched alkanes of at least 4 members (excludes halogenated alkanes) is 1. The fourth-order valence-electron chi connectivity index (χ4n) is 3.21. The van der Waals surface area contributed by atoms with E-state index in [2.05, 4.69) is 22.5 Å². The highest BCUT2D eigenvalue weighted by Crippen LogP contribution is 2.19. The molecule has 0 radical (unpaired) electrons. The minimum atomic E-state index is -0.296. The van der Waals surface area contributed by atoms with Gasteiger partial charge in [0.05, 0.1) is 23.2 Å². The highest BCUT2D eigenvalue weighted by atomic mass is 32.2. The zero-order valence-electron chi connectivity index (χ0n) is 18.6. The van der Waals surface area contributed by atoms with Crippen LogP contribution in [0.5, 0.6) is 0 Å². The maximum atomic E-state index is 12.9. The molecule has 32 heavy (non-hydrogen) atoms. The first-order valence-corrected chi connectivity index (χ1v) is 11.6. The topological polar surface area (TPSA) is 93.1 Å². The molecule has 0 aliphatic carbocycles. The molecule has 0 spiro atoms. The Labute approximate surface area is 191 Å². The van der Waals surface area contributed by atoms with Crippen LogP contribution in [0.1, 0.15) is 30.9 Å². The number of fused-ring (bicyclic) bond motifs is 1. The van der Waals surface area contributed by atoms with Crippen molar-refractivity contribution in [3.63, 3.8) is 0 Å². The van der Waals surface area contributed by atoms with E-state index in [-0.39, 0.29) is 29.7 Å². The molecule has 1 heterocycles. The Morgan fingerprint density at radius 1 is 1.06 bits per heavy atom. The summed E-state index contributed by atoms with van der Waals surface area (Å²) in [5.74, 6) is -0.524. The molecule has 0 aliphatic heterocycles. The van der Waals surface area contributed by atoms with Crippen LogP contribution in [0.3, 0.4) is 0 Å². The van der Waals surface area contributed by atoms with Gasteiger partial charge in [0.25, 0.3) is 5.56 Å². The number of carbonyl (C=O) groups excluding carboxylic acids is 2. The average Bonchev–Trinajstić information content (AvgIpc) is 2.79. The van der Waals surface area contributed by atoms with Gasteiger partial charge in [-0.2, -0.15) is 0 Å². The summed E-state index contributed by atoms with van der Waals surface area (Å²) in [6.45, 7) is 6.40. The zero-order chi connectivity index (χ0) is 23.1. The van der Waals surface area contributed by atoms with Crippen LogP contribution in [0.2, 0.25) is 0 Å². The molecule has 8 heteroatoms. The van der Waals surface area contributed by atoms with Gasteiger partial charge in [0.1, 0.15) is 0 Å². The van der Waals surface area contributed by atoms with Gasteiger partial charge in [-0.25, -0.2) is 4.98 Å². The Hall–Kier alpha value is -3.13. The second-order valence-corrected chi connectivity index (χ2v) is 8.53. The van der Waals surface area contributed by atoms with Gasteiger partial charge in [0, 0.05) is 12.2 Å². The van der Waals surface area contributed by atoms with Crippen LogP contribution in [0.4, 0.5) is 5.69 Å². The molecule has 0 atom stereocenters. The van der Waals surface area contributed by atoms with E-state index in [9.17, 15) is 14.4 Å². The molecular weight excluding hydrogens is 424 g/mol. The maximum absolute atomic E-state index is 12.9. The summed E-state index contributed by atoms with van der Waals surface area (Å²) in [4.78, 5) is 42.1. The predicted octanol–water partition coefficient (Wildman–Crippen LogP) is 3.66. The Balaban J connectivity index is 1.62.